The Hall–Kier alpha value is -3.29. The number of amides is 1. The van der Waals surface area contributed by atoms with E-state index in [9.17, 15) is 13.6 Å². The minimum atomic E-state index is -1.01. The van der Waals surface area contributed by atoms with E-state index in [1.165, 1.54) is 12.3 Å². The van der Waals surface area contributed by atoms with Crippen LogP contribution in [0.2, 0.25) is 0 Å². The van der Waals surface area contributed by atoms with Gasteiger partial charge in [-0.1, -0.05) is 11.2 Å². The van der Waals surface area contributed by atoms with Gasteiger partial charge in [0, 0.05) is 37.9 Å². The van der Waals surface area contributed by atoms with E-state index in [0.717, 1.165) is 18.0 Å². The van der Waals surface area contributed by atoms with Crippen LogP contribution in [0.25, 0.3) is 11.3 Å². The Morgan fingerprint density at radius 1 is 1.04 bits per heavy atom. The van der Waals surface area contributed by atoms with Crippen LogP contribution in [0, 0.1) is 11.6 Å². The van der Waals surface area contributed by atoms with Crippen LogP contribution in [0.1, 0.15) is 10.4 Å². The number of benzene rings is 1. The van der Waals surface area contributed by atoms with Gasteiger partial charge >= 0.3 is 0 Å². The molecule has 1 saturated heterocycles. The molecule has 0 radical (unpaired) electrons. The molecule has 0 N–H and O–H groups in total. The van der Waals surface area contributed by atoms with Crippen molar-refractivity contribution in [2.45, 2.75) is 0 Å². The smallest absolute Gasteiger partial charge is 0.259 e. The second kappa shape index (κ2) is 7.14. The van der Waals surface area contributed by atoms with Gasteiger partial charge in [0.05, 0.1) is 6.20 Å². The molecule has 4 rings (SSSR count). The lowest BCUT2D eigenvalue weighted by Crippen LogP contribution is -2.49. The van der Waals surface area contributed by atoms with Crippen LogP contribution in [-0.2, 0) is 0 Å². The highest BCUT2D eigenvalue weighted by Gasteiger charge is 2.27. The number of carbonyl (C=O) groups is 1. The van der Waals surface area contributed by atoms with Gasteiger partial charge in [-0.05, 0) is 30.3 Å². The molecule has 0 unspecified atom stereocenters. The lowest BCUT2D eigenvalue weighted by molar-refractivity contribution is 0.0747. The van der Waals surface area contributed by atoms with E-state index in [4.69, 9.17) is 4.52 Å². The number of rotatable bonds is 3. The van der Waals surface area contributed by atoms with Crippen molar-refractivity contribution < 1.29 is 18.1 Å². The van der Waals surface area contributed by atoms with Gasteiger partial charge in [-0.25, -0.2) is 13.8 Å². The van der Waals surface area contributed by atoms with Gasteiger partial charge in [0.1, 0.15) is 11.4 Å². The summed E-state index contributed by atoms with van der Waals surface area (Å²) < 4.78 is 31.8. The number of carbonyl (C=O) groups excluding carboxylic acids is 1. The number of aromatic nitrogens is 2. The molecule has 0 spiro atoms. The highest BCUT2D eigenvalue weighted by Crippen LogP contribution is 2.26. The first-order valence-corrected chi connectivity index (χ1v) is 8.49. The highest BCUT2D eigenvalue weighted by atomic mass is 19.2. The third-order valence-electron chi connectivity index (χ3n) is 4.52. The molecule has 1 aromatic carbocycles. The van der Waals surface area contributed by atoms with Crippen molar-refractivity contribution >= 4 is 11.7 Å². The molecule has 2 aromatic heterocycles. The minimum Gasteiger partial charge on any atom is -0.355 e. The fourth-order valence-electron chi connectivity index (χ4n) is 3.09. The van der Waals surface area contributed by atoms with Crippen LogP contribution in [-0.4, -0.2) is 47.1 Å². The zero-order valence-corrected chi connectivity index (χ0v) is 14.3. The molecule has 1 amide bonds. The molecule has 1 fully saturated rings. The number of piperazine rings is 1. The van der Waals surface area contributed by atoms with E-state index in [0.29, 0.717) is 26.2 Å². The van der Waals surface area contributed by atoms with E-state index in [1.54, 1.807) is 11.1 Å². The van der Waals surface area contributed by atoms with E-state index in [1.807, 2.05) is 18.2 Å². The highest BCUT2D eigenvalue weighted by molar-refractivity contribution is 5.99. The maximum atomic E-state index is 13.5. The summed E-state index contributed by atoms with van der Waals surface area (Å²) in [6, 6.07) is 9.05. The summed E-state index contributed by atoms with van der Waals surface area (Å²) in [6.45, 7) is 2.32. The van der Waals surface area contributed by atoms with Crippen molar-refractivity contribution in [2.24, 2.45) is 0 Å². The summed E-state index contributed by atoms with van der Waals surface area (Å²) in [5, 5.41) is 3.67. The fraction of sp³-hybridized carbons (Fsp3) is 0.211. The van der Waals surface area contributed by atoms with E-state index in [-0.39, 0.29) is 22.8 Å². The molecule has 1 aliphatic heterocycles. The number of hydrogen-bond acceptors (Lipinski definition) is 5. The van der Waals surface area contributed by atoms with Gasteiger partial charge < -0.3 is 14.3 Å². The quantitative estimate of drug-likeness (QED) is 0.709. The van der Waals surface area contributed by atoms with Crippen molar-refractivity contribution in [1.29, 1.82) is 0 Å². The van der Waals surface area contributed by atoms with Crippen LogP contribution >= 0.6 is 0 Å². The molecule has 1 aliphatic rings. The van der Waals surface area contributed by atoms with Gasteiger partial charge in [0.15, 0.2) is 17.4 Å². The third-order valence-corrected chi connectivity index (χ3v) is 4.52. The Balaban J connectivity index is 1.50. The first kappa shape index (κ1) is 17.1. The average Bonchev–Trinajstić information content (AvgIpc) is 3.20. The SMILES string of the molecule is O=C(c1cnoc1-c1ccc(F)c(F)c1)N1CCN(c2ccccn2)CC1. The lowest BCUT2D eigenvalue weighted by atomic mass is 10.1. The molecule has 0 bridgehead atoms. The van der Waals surface area contributed by atoms with Crippen LogP contribution in [0.15, 0.2) is 53.3 Å². The second-order valence-electron chi connectivity index (χ2n) is 6.16. The number of hydrogen-bond donors (Lipinski definition) is 0. The molecule has 138 valence electrons. The summed E-state index contributed by atoms with van der Waals surface area (Å²) in [5.41, 5.74) is 0.495. The summed E-state index contributed by atoms with van der Waals surface area (Å²) >= 11 is 0. The van der Waals surface area contributed by atoms with E-state index >= 15 is 0 Å². The Morgan fingerprint density at radius 2 is 1.85 bits per heavy atom. The lowest BCUT2D eigenvalue weighted by Gasteiger charge is -2.35. The zero-order valence-electron chi connectivity index (χ0n) is 14.3. The van der Waals surface area contributed by atoms with Gasteiger partial charge in [0.2, 0.25) is 0 Å². The summed E-state index contributed by atoms with van der Waals surface area (Å²) in [6.07, 6.45) is 3.04. The summed E-state index contributed by atoms with van der Waals surface area (Å²) in [4.78, 5) is 21.0. The largest absolute Gasteiger partial charge is 0.355 e. The molecule has 0 aliphatic carbocycles. The zero-order chi connectivity index (χ0) is 18.8. The number of nitrogens with zero attached hydrogens (tertiary/aromatic N) is 4. The number of halogens is 2. The molecule has 0 atom stereocenters. The molecule has 3 heterocycles. The number of pyridine rings is 1. The average molecular weight is 370 g/mol. The van der Waals surface area contributed by atoms with Crippen molar-refractivity contribution in [3.05, 3.63) is 66.0 Å². The third kappa shape index (κ3) is 3.38. The molecule has 0 saturated carbocycles. The van der Waals surface area contributed by atoms with Crippen LogP contribution in [0.3, 0.4) is 0 Å². The van der Waals surface area contributed by atoms with Crippen molar-refractivity contribution in [3.63, 3.8) is 0 Å². The standard InChI is InChI=1S/C19H16F2N4O2/c20-15-5-4-13(11-16(15)21)18-14(12-23-27-18)19(26)25-9-7-24(8-10-25)17-3-1-2-6-22-17/h1-6,11-12H,7-10H2. The maximum absolute atomic E-state index is 13.5. The normalized spacial score (nSPS) is 14.4. The predicted octanol–water partition coefficient (Wildman–Crippen LogP) is 2.98. The van der Waals surface area contributed by atoms with Gasteiger partial charge in [-0.2, -0.15) is 0 Å². The predicted molar refractivity (Wildman–Crippen MR) is 94.2 cm³/mol. The first-order chi connectivity index (χ1) is 13.1. The van der Waals surface area contributed by atoms with E-state index in [2.05, 4.69) is 15.0 Å². The van der Waals surface area contributed by atoms with Gasteiger partial charge in [-0.3, -0.25) is 4.79 Å². The summed E-state index contributed by atoms with van der Waals surface area (Å²) in [7, 11) is 0. The number of anilines is 1. The Kier molecular flexibility index (Phi) is 4.53. The van der Waals surface area contributed by atoms with Gasteiger partial charge in [-0.15, -0.1) is 0 Å². The van der Waals surface area contributed by atoms with Gasteiger partial charge in [0.25, 0.3) is 5.91 Å². The second-order valence-corrected chi connectivity index (χ2v) is 6.16. The molecule has 3 aromatic rings. The Morgan fingerprint density at radius 3 is 2.56 bits per heavy atom. The van der Waals surface area contributed by atoms with Crippen LogP contribution in [0.4, 0.5) is 14.6 Å². The molecular formula is C19H16F2N4O2. The molecule has 27 heavy (non-hydrogen) atoms. The molecule has 6 nitrogen and oxygen atoms in total. The molecular weight excluding hydrogens is 354 g/mol. The first-order valence-electron chi connectivity index (χ1n) is 8.49. The Labute approximate surface area is 154 Å². The monoisotopic (exact) mass is 370 g/mol. The van der Waals surface area contributed by atoms with Crippen molar-refractivity contribution in [2.75, 3.05) is 31.1 Å². The van der Waals surface area contributed by atoms with Crippen LogP contribution in [0.5, 0.6) is 0 Å². The molecule has 8 heteroatoms. The maximum Gasteiger partial charge on any atom is 0.259 e. The fourth-order valence-corrected chi connectivity index (χ4v) is 3.09. The van der Waals surface area contributed by atoms with Crippen molar-refractivity contribution in [3.8, 4) is 11.3 Å². The topological polar surface area (TPSA) is 62.5 Å². The van der Waals surface area contributed by atoms with Crippen LogP contribution < -0.4 is 4.90 Å². The Bertz CT molecular complexity index is 953. The van der Waals surface area contributed by atoms with Crippen molar-refractivity contribution in [1.82, 2.24) is 15.0 Å². The van der Waals surface area contributed by atoms with E-state index < -0.39 is 11.6 Å². The summed E-state index contributed by atoms with van der Waals surface area (Å²) in [5.74, 6) is -1.22. The minimum absolute atomic E-state index is 0.131.